The van der Waals surface area contributed by atoms with Gasteiger partial charge in [-0.3, -0.25) is 14.4 Å². The van der Waals surface area contributed by atoms with Crippen molar-refractivity contribution in [3.63, 3.8) is 0 Å². The smallest absolute Gasteiger partial charge is 0.326 e. The molecule has 1 heterocycles. The first-order valence-electron chi connectivity index (χ1n) is 10.6. The molecule has 11 heteroatoms. The third-order valence-electron chi connectivity index (χ3n) is 5.03. The van der Waals surface area contributed by atoms with Gasteiger partial charge >= 0.3 is 5.97 Å². The van der Waals surface area contributed by atoms with Crippen LogP contribution in [0.5, 0.6) is 0 Å². The Hall–Kier alpha value is -3.05. The number of aromatic nitrogens is 1. The topological polar surface area (TPSA) is 166 Å². The van der Waals surface area contributed by atoms with Crippen molar-refractivity contribution in [2.24, 2.45) is 11.7 Å². The summed E-state index contributed by atoms with van der Waals surface area (Å²) in [5, 5.41) is 17.6. The molecular weight excluding hydrogens is 446 g/mol. The number of aromatic amines is 1. The number of nitrogens with two attached hydrogens (primary N) is 1. The molecule has 1 aromatic carbocycles. The predicted octanol–water partition coefficient (Wildman–Crippen LogP) is 0.184. The fourth-order valence-electron chi connectivity index (χ4n) is 3.33. The molecule has 2 rings (SSSR count). The lowest BCUT2D eigenvalue weighted by atomic mass is 10.0. The number of H-pyrrole nitrogens is 1. The van der Waals surface area contributed by atoms with E-state index < -0.39 is 41.8 Å². The van der Waals surface area contributed by atoms with Crippen LogP contribution in [0.4, 0.5) is 0 Å². The largest absolute Gasteiger partial charge is 0.480 e. The summed E-state index contributed by atoms with van der Waals surface area (Å²) in [4.78, 5) is 51.4. The van der Waals surface area contributed by atoms with Crippen LogP contribution in [-0.4, -0.2) is 64.2 Å². The number of hydrogen-bond acceptors (Lipinski definition) is 6. The van der Waals surface area contributed by atoms with Crippen molar-refractivity contribution in [2.45, 2.75) is 44.8 Å². The highest BCUT2D eigenvalue weighted by atomic mass is 32.1. The molecule has 0 aliphatic heterocycles. The summed E-state index contributed by atoms with van der Waals surface area (Å²) >= 11 is 4.06. The number of carboxylic acids is 1. The molecule has 7 N–H and O–H groups in total. The summed E-state index contributed by atoms with van der Waals surface area (Å²) in [6.07, 6.45) is 2.33. The number of carboxylic acid groups (broad SMARTS) is 1. The number of nitrogens with one attached hydrogen (secondary N) is 4. The summed E-state index contributed by atoms with van der Waals surface area (Å²) in [5.41, 5.74) is 7.82. The number of amides is 3. The second kappa shape index (κ2) is 12.3. The first kappa shape index (κ1) is 26.2. The molecule has 0 radical (unpaired) electrons. The van der Waals surface area contributed by atoms with E-state index in [-0.39, 0.29) is 31.1 Å². The Morgan fingerprint density at radius 3 is 2.42 bits per heavy atom. The lowest BCUT2D eigenvalue weighted by Gasteiger charge is -2.21. The van der Waals surface area contributed by atoms with Gasteiger partial charge in [-0.15, -0.1) is 0 Å². The molecule has 0 saturated heterocycles. The fraction of sp³-hybridized carbons (Fsp3) is 0.455. The Bertz CT molecular complexity index is 992. The van der Waals surface area contributed by atoms with E-state index in [2.05, 4.69) is 33.6 Å². The quantitative estimate of drug-likeness (QED) is 0.215. The van der Waals surface area contributed by atoms with Gasteiger partial charge in [-0.25, -0.2) is 4.79 Å². The summed E-state index contributed by atoms with van der Waals surface area (Å²) in [7, 11) is 0. The average molecular weight is 478 g/mol. The maximum absolute atomic E-state index is 12.4. The molecular formula is C22H31N5O5S. The van der Waals surface area contributed by atoms with E-state index in [9.17, 15) is 24.3 Å². The van der Waals surface area contributed by atoms with Crippen molar-refractivity contribution < 1.29 is 24.3 Å². The van der Waals surface area contributed by atoms with Crippen molar-refractivity contribution in [1.82, 2.24) is 20.9 Å². The molecule has 0 saturated carbocycles. The molecule has 3 amide bonds. The van der Waals surface area contributed by atoms with Gasteiger partial charge in [0.25, 0.3) is 0 Å². The first-order chi connectivity index (χ1) is 15.6. The van der Waals surface area contributed by atoms with Gasteiger partial charge in [0.1, 0.15) is 12.1 Å². The van der Waals surface area contributed by atoms with E-state index in [0.717, 1.165) is 16.5 Å². The van der Waals surface area contributed by atoms with E-state index in [1.807, 2.05) is 38.1 Å². The Morgan fingerprint density at radius 1 is 1.09 bits per heavy atom. The molecule has 1 aromatic heterocycles. The zero-order valence-electron chi connectivity index (χ0n) is 18.6. The monoisotopic (exact) mass is 477 g/mol. The lowest BCUT2D eigenvalue weighted by molar-refractivity contribution is -0.142. The number of thiol groups is 1. The van der Waals surface area contributed by atoms with Crippen molar-refractivity contribution in [1.29, 1.82) is 0 Å². The highest BCUT2D eigenvalue weighted by Gasteiger charge is 2.26. The van der Waals surface area contributed by atoms with Crippen LogP contribution < -0.4 is 21.7 Å². The highest BCUT2D eigenvalue weighted by Crippen LogP contribution is 2.18. The molecule has 3 atom stereocenters. The van der Waals surface area contributed by atoms with Crippen LogP contribution in [0.25, 0.3) is 10.9 Å². The van der Waals surface area contributed by atoms with Gasteiger partial charge in [-0.1, -0.05) is 32.0 Å². The molecule has 0 spiro atoms. The van der Waals surface area contributed by atoms with Crippen LogP contribution in [0.3, 0.4) is 0 Å². The van der Waals surface area contributed by atoms with E-state index in [1.165, 1.54) is 0 Å². The summed E-state index contributed by atoms with van der Waals surface area (Å²) in [5.74, 6) is -2.93. The van der Waals surface area contributed by atoms with Gasteiger partial charge in [0.05, 0.1) is 12.6 Å². The van der Waals surface area contributed by atoms with Crippen LogP contribution in [0.15, 0.2) is 30.5 Å². The van der Waals surface area contributed by atoms with Gasteiger partial charge < -0.3 is 31.8 Å². The Morgan fingerprint density at radius 2 is 1.79 bits per heavy atom. The van der Waals surface area contributed by atoms with Crippen LogP contribution >= 0.6 is 12.6 Å². The number of carbonyl (C=O) groups is 4. The average Bonchev–Trinajstić information content (AvgIpc) is 3.17. The highest BCUT2D eigenvalue weighted by molar-refractivity contribution is 7.80. The standard InChI is InChI=1S/C22H31N5O5S/c1-12(2)7-17(22(31)32)27-21(30)18(11-33)26-19(28)10-25-20(29)15(23)8-13-9-24-16-6-4-3-5-14(13)16/h3-6,9,12,15,17-18,24,33H,7-8,10-11,23H2,1-2H3,(H,25,29)(H,26,28)(H,27,30)(H,31,32). The van der Waals surface area contributed by atoms with Crippen LogP contribution in [-0.2, 0) is 25.6 Å². The van der Waals surface area contributed by atoms with Gasteiger partial charge in [0.15, 0.2) is 0 Å². The van der Waals surface area contributed by atoms with Crippen molar-refractivity contribution in [3.8, 4) is 0 Å². The molecule has 0 aliphatic rings. The van der Waals surface area contributed by atoms with E-state index in [1.54, 1.807) is 6.20 Å². The van der Waals surface area contributed by atoms with E-state index in [0.29, 0.717) is 0 Å². The van der Waals surface area contributed by atoms with Crippen LogP contribution in [0.2, 0.25) is 0 Å². The number of hydrogen-bond donors (Lipinski definition) is 7. The van der Waals surface area contributed by atoms with Gasteiger partial charge in [0, 0.05) is 22.9 Å². The minimum absolute atomic E-state index is 0.0420. The summed E-state index contributed by atoms with van der Waals surface area (Å²) in [6, 6.07) is 4.66. The Kier molecular flexibility index (Phi) is 9.74. The first-order valence-corrected chi connectivity index (χ1v) is 11.3. The number of rotatable bonds is 12. The normalized spacial score (nSPS) is 13.8. The van der Waals surface area contributed by atoms with Crippen LogP contribution in [0.1, 0.15) is 25.8 Å². The minimum atomic E-state index is -1.15. The number of aliphatic carboxylic acids is 1. The molecule has 2 aromatic rings. The third kappa shape index (κ3) is 7.79. The second-order valence-corrected chi connectivity index (χ2v) is 8.58. The molecule has 3 unspecified atom stereocenters. The van der Waals surface area contributed by atoms with Crippen molar-refractivity contribution in [2.75, 3.05) is 12.3 Å². The molecule has 33 heavy (non-hydrogen) atoms. The third-order valence-corrected chi connectivity index (χ3v) is 5.40. The van der Waals surface area contributed by atoms with Gasteiger partial charge in [-0.2, -0.15) is 12.6 Å². The number of fused-ring (bicyclic) bond motifs is 1. The molecule has 0 aliphatic carbocycles. The van der Waals surface area contributed by atoms with E-state index in [4.69, 9.17) is 5.73 Å². The maximum atomic E-state index is 12.4. The number of benzene rings is 1. The van der Waals surface area contributed by atoms with Gasteiger partial charge in [0.2, 0.25) is 17.7 Å². The van der Waals surface area contributed by atoms with Gasteiger partial charge in [-0.05, 0) is 30.4 Å². The summed E-state index contributed by atoms with van der Waals surface area (Å²) in [6.45, 7) is 3.30. The Labute approximate surface area is 197 Å². The molecule has 0 bridgehead atoms. The van der Waals surface area contributed by atoms with Crippen molar-refractivity contribution in [3.05, 3.63) is 36.0 Å². The second-order valence-electron chi connectivity index (χ2n) is 8.22. The molecule has 180 valence electrons. The lowest BCUT2D eigenvalue weighted by Crippen LogP contribution is -2.54. The predicted molar refractivity (Wildman–Crippen MR) is 128 cm³/mol. The SMILES string of the molecule is CC(C)CC(NC(=O)C(CS)NC(=O)CNC(=O)C(N)Cc1c[nH]c2ccccc12)C(=O)O. The van der Waals surface area contributed by atoms with Crippen molar-refractivity contribution >= 4 is 47.2 Å². The number of para-hydroxylation sites is 1. The zero-order chi connectivity index (χ0) is 24.5. The number of carbonyl (C=O) groups excluding carboxylic acids is 3. The maximum Gasteiger partial charge on any atom is 0.326 e. The molecule has 10 nitrogen and oxygen atoms in total. The minimum Gasteiger partial charge on any atom is -0.480 e. The fourth-order valence-corrected chi connectivity index (χ4v) is 3.59. The zero-order valence-corrected chi connectivity index (χ0v) is 19.5. The molecule has 0 fully saturated rings. The summed E-state index contributed by atoms with van der Waals surface area (Å²) < 4.78 is 0. The van der Waals surface area contributed by atoms with Crippen LogP contribution in [0, 0.1) is 5.92 Å². The van der Waals surface area contributed by atoms with E-state index >= 15 is 0 Å². The Balaban J connectivity index is 1.84.